The molecule has 3 nitrogen and oxygen atoms in total. The van der Waals surface area contributed by atoms with Crippen molar-refractivity contribution in [3.05, 3.63) is 0 Å². The third kappa shape index (κ3) is 5.02. The predicted octanol–water partition coefficient (Wildman–Crippen LogP) is 2.62. The van der Waals surface area contributed by atoms with E-state index in [1.54, 1.807) is 0 Å². The summed E-state index contributed by atoms with van der Waals surface area (Å²) in [5.41, 5.74) is 5.59. The lowest BCUT2D eigenvalue weighted by Gasteiger charge is -2.28. The van der Waals surface area contributed by atoms with E-state index in [1.807, 2.05) is 4.90 Å². The summed E-state index contributed by atoms with van der Waals surface area (Å²) in [5, 5.41) is 0. The monoisotopic (exact) mass is 256 g/mol. The summed E-state index contributed by atoms with van der Waals surface area (Å²) in [7, 11) is 0. The van der Waals surface area contributed by atoms with Crippen molar-refractivity contribution in [2.24, 2.45) is 5.73 Å². The van der Waals surface area contributed by atoms with Crippen molar-refractivity contribution >= 4 is 23.1 Å². The Morgan fingerprint density at radius 1 is 1.35 bits per heavy atom. The zero-order valence-electron chi connectivity index (χ0n) is 10.8. The normalized spacial score (nSPS) is 16.1. The maximum Gasteiger partial charge on any atom is 0.223 e. The van der Waals surface area contributed by atoms with E-state index in [4.69, 9.17) is 18.0 Å². The third-order valence-electron chi connectivity index (χ3n) is 3.41. The van der Waals surface area contributed by atoms with Gasteiger partial charge in [0.1, 0.15) is 0 Å². The molecule has 0 saturated heterocycles. The molecule has 0 aliphatic heterocycles. The zero-order chi connectivity index (χ0) is 12.7. The van der Waals surface area contributed by atoms with Gasteiger partial charge in [0, 0.05) is 12.5 Å². The first-order chi connectivity index (χ1) is 8.15. The molecule has 1 rings (SSSR count). The van der Waals surface area contributed by atoms with Gasteiger partial charge in [-0.15, -0.1) is 0 Å². The Hall–Kier alpha value is -0.640. The number of hydrogen-bond donors (Lipinski definition) is 1. The summed E-state index contributed by atoms with van der Waals surface area (Å²) < 4.78 is 0. The van der Waals surface area contributed by atoms with Gasteiger partial charge >= 0.3 is 0 Å². The first-order valence-corrected chi connectivity index (χ1v) is 7.13. The first-order valence-electron chi connectivity index (χ1n) is 6.73. The van der Waals surface area contributed by atoms with E-state index in [2.05, 4.69) is 6.92 Å². The van der Waals surface area contributed by atoms with Crippen LogP contribution in [-0.4, -0.2) is 28.4 Å². The second-order valence-electron chi connectivity index (χ2n) is 4.88. The number of unbranched alkanes of at least 4 members (excludes halogenated alkanes) is 2. The van der Waals surface area contributed by atoms with Gasteiger partial charge < -0.3 is 10.6 Å². The van der Waals surface area contributed by atoms with E-state index >= 15 is 0 Å². The van der Waals surface area contributed by atoms with Gasteiger partial charge in [-0.05, 0) is 19.3 Å². The molecule has 4 heteroatoms. The molecule has 2 N–H and O–H groups in total. The van der Waals surface area contributed by atoms with Crippen molar-refractivity contribution in [2.45, 2.75) is 64.3 Å². The molecule has 0 bridgehead atoms. The highest BCUT2D eigenvalue weighted by Crippen LogP contribution is 2.24. The largest absolute Gasteiger partial charge is 0.392 e. The number of thiocarbonyl (C=S) groups is 1. The summed E-state index contributed by atoms with van der Waals surface area (Å²) in [4.78, 5) is 14.5. The number of nitrogens with zero attached hydrogens (tertiary/aromatic N) is 1. The van der Waals surface area contributed by atoms with Crippen molar-refractivity contribution < 1.29 is 4.79 Å². The number of carbonyl (C=O) groups excluding carboxylic acids is 1. The highest BCUT2D eigenvalue weighted by atomic mass is 32.1. The van der Waals surface area contributed by atoms with Gasteiger partial charge in [-0.25, -0.2) is 0 Å². The minimum atomic E-state index is 0.234. The van der Waals surface area contributed by atoms with Gasteiger partial charge in [-0.1, -0.05) is 44.8 Å². The average Bonchev–Trinajstić information content (AvgIpc) is 2.79. The van der Waals surface area contributed by atoms with Crippen molar-refractivity contribution in [1.29, 1.82) is 0 Å². The summed E-state index contributed by atoms with van der Waals surface area (Å²) >= 11 is 4.95. The number of amides is 1. The highest BCUT2D eigenvalue weighted by Gasteiger charge is 2.26. The van der Waals surface area contributed by atoms with E-state index in [-0.39, 0.29) is 5.91 Å². The molecule has 98 valence electrons. The van der Waals surface area contributed by atoms with Gasteiger partial charge in [0.25, 0.3) is 0 Å². The minimum absolute atomic E-state index is 0.234. The molecule has 0 heterocycles. The van der Waals surface area contributed by atoms with Crippen LogP contribution in [0, 0.1) is 0 Å². The third-order valence-corrected chi connectivity index (χ3v) is 3.54. The lowest BCUT2D eigenvalue weighted by atomic mass is 10.1. The van der Waals surface area contributed by atoms with Crippen molar-refractivity contribution in [1.82, 2.24) is 4.90 Å². The Morgan fingerprint density at radius 3 is 2.53 bits per heavy atom. The van der Waals surface area contributed by atoms with Crippen LogP contribution in [0.25, 0.3) is 0 Å². The molecule has 0 aromatic carbocycles. The molecule has 0 radical (unpaired) electrons. The number of rotatable bonds is 7. The molecule has 1 aliphatic carbocycles. The fraction of sp³-hybridized carbons (Fsp3) is 0.846. The molecule has 1 aliphatic rings. The number of carbonyl (C=O) groups is 1. The van der Waals surface area contributed by atoms with Crippen LogP contribution in [0.3, 0.4) is 0 Å². The fourth-order valence-corrected chi connectivity index (χ4v) is 2.61. The van der Waals surface area contributed by atoms with Crippen LogP contribution >= 0.6 is 12.2 Å². The van der Waals surface area contributed by atoms with Crippen molar-refractivity contribution in [3.63, 3.8) is 0 Å². The molecular formula is C13H24N2OS. The summed E-state index contributed by atoms with van der Waals surface area (Å²) in [6.45, 7) is 2.61. The SMILES string of the molecule is CCCCCC(=O)N(CC(N)=S)C1CCCC1. The second-order valence-corrected chi connectivity index (χ2v) is 5.41. The maximum absolute atomic E-state index is 12.2. The second kappa shape index (κ2) is 7.64. The van der Waals surface area contributed by atoms with E-state index in [1.165, 1.54) is 12.8 Å². The van der Waals surface area contributed by atoms with Gasteiger partial charge in [-0.2, -0.15) is 0 Å². The Kier molecular flexibility index (Phi) is 6.48. The molecule has 0 unspecified atom stereocenters. The standard InChI is InChI=1S/C13H24N2OS/c1-2-3-4-9-13(16)15(10-12(14)17)11-7-5-6-8-11/h11H,2-10H2,1H3,(H2,14,17). The first kappa shape index (κ1) is 14.4. The molecule has 0 aromatic rings. The molecule has 0 atom stereocenters. The van der Waals surface area contributed by atoms with Gasteiger partial charge in [0.05, 0.1) is 11.5 Å². The topological polar surface area (TPSA) is 46.3 Å². The summed E-state index contributed by atoms with van der Waals surface area (Å²) in [6, 6.07) is 0.380. The Labute approximate surface area is 110 Å². The lowest BCUT2D eigenvalue weighted by Crippen LogP contribution is -2.43. The van der Waals surface area contributed by atoms with Crippen molar-refractivity contribution in [2.75, 3.05) is 6.54 Å². The Morgan fingerprint density at radius 2 is 2.00 bits per heavy atom. The predicted molar refractivity (Wildman–Crippen MR) is 74.9 cm³/mol. The van der Waals surface area contributed by atoms with Crippen LogP contribution in [0.2, 0.25) is 0 Å². The number of hydrogen-bond acceptors (Lipinski definition) is 2. The van der Waals surface area contributed by atoms with E-state index in [0.717, 1.165) is 32.1 Å². The molecular weight excluding hydrogens is 232 g/mol. The Bertz CT molecular complexity index is 262. The molecule has 0 aromatic heterocycles. The van der Waals surface area contributed by atoms with Crippen LogP contribution in [0.4, 0.5) is 0 Å². The van der Waals surface area contributed by atoms with E-state index < -0.39 is 0 Å². The minimum Gasteiger partial charge on any atom is -0.392 e. The van der Waals surface area contributed by atoms with Gasteiger partial charge in [0.15, 0.2) is 0 Å². The molecule has 17 heavy (non-hydrogen) atoms. The van der Waals surface area contributed by atoms with Crippen LogP contribution in [0.5, 0.6) is 0 Å². The summed E-state index contributed by atoms with van der Waals surface area (Å²) in [6.07, 6.45) is 8.57. The maximum atomic E-state index is 12.2. The zero-order valence-corrected chi connectivity index (χ0v) is 11.6. The molecule has 1 amide bonds. The highest BCUT2D eigenvalue weighted by molar-refractivity contribution is 7.80. The average molecular weight is 256 g/mol. The molecule has 0 spiro atoms. The van der Waals surface area contributed by atoms with Gasteiger partial charge in [0.2, 0.25) is 5.91 Å². The molecule has 1 fully saturated rings. The fourth-order valence-electron chi connectivity index (χ4n) is 2.47. The van der Waals surface area contributed by atoms with Crippen LogP contribution < -0.4 is 5.73 Å². The van der Waals surface area contributed by atoms with E-state index in [0.29, 0.717) is 24.0 Å². The van der Waals surface area contributed by atoms with Crippen LogP contribution in [0.1, 0.15) is 58.3 Å². The summed E-state index contributed by atoms with van der Waals surface area (Å²) in [5.74, 6) is 0.234. The van der Waals surface area contributed by atoms with Crippen LogP contribution in [0.15, 0.2) is 0 Å². The lowest BCUT2D eigenvalue weighted by molar-refractivity contribution is -0.132. The van der Waals surface area contributed by atoms with Crippen LogP contribution in [-0.2, 0) is 4.79 Å². The van der Waals surface area contributed by atoms with Gasteiger partial charge in [-0.3, -0.25) is 4.79 Å². The smallest absolute Gasteiger partial charge is 0.223 e. The quantitative estimate of drug-likeness (QED) is 0.562. The Balaban J connectivity index is 2.48. The molecule has 1 saturated carbocycles. The van der Waals surface area contributed by atoms with Crippen molar-refractivity contribution in [3.8, 4) is 0 Å². The van der Waals surface area contributed by atoms with E-state index in [9.17, 15) is 4.79 Å². The number of nitrogens with two attached hydrogens (primary N) is 1.